The van der Waals surface area contributed by atoms with Crippen molar-refractivity contribution in [1.82, 2.24) is 8.75 Å². The zero-order valence-corrected chi connectivity index (χ0v) is 7.54. The van der Waals surface area contributed by atoms with Gasteiger partial charge in [-0.15, -0.1) is 0 Å². The van der Waals surface area contributed by atoms with Crippen LogP contribution in [0.4, 0.5) is 0 Å². The van der Waals surface area contributed by atoms with E-state index in [9.17, 15) is 0 Å². The molecule has 2 nitrogen and oxygen atoms in total. The number of aromatic nitrogens is 2. The number of halogens is 2. The Labute approximate surface area is 77.4 Å². The minimum absolute atomic E-state index is 0.426. The summed E-state index contributed by atoms with van der Waals surface area (Å²) in [4.78, 5) is 0. The molecule has 0 radical (unpaired) electrons. The molecule has 0 bridgehead atoms. The van der Waals surface area contributed by atoms with Gasteiger partial charge >= 0.3 is 0 Å². The van der Waals surface area contributed by atoms with Crippen molar-refractivity contribution in [2.24, 2.45) is 0 Å². The molecule has 0 aromatic carbocycles. The molecule has 1 aliphatic carbocycles. The summed E-state index contributed by atoms with van der Waals surface area (Å²) in [5.74, 6) is 0. The molecule has 11 heavy (non-hydrogen) atoms. The Hall–Kier alpha value is -0.380. The van der Waals surface area contributed by atoms with Gasteiger partial charge in [-0.25, -0.2) is 0 Å². The minimum atomic E-state index is 0.426. The van der Waals surface area contributed by atoms with Crippen LogP contribution in [0.25, 0.3) is 11.3 Å². The van der Waals surface area contributed by atoms with Crippen LogP contribution < -0.4 is 0 Å². The van der Waals surface area contributed by atoms with E-state index in [4.69, 9.17) is 23.2 Å². The molecule has 0 aromatic heterocycles. The molecule has 0 saturated carbocycles. The van der Waals surface area contributed by atoms with Gasteiger partial charge in [0.2, 0.25) is 0 Å². The van der Waals surface area contributed by atoms with E-state index >= 15 is 0 Å². The molecular formula is C6H2Cl2N2S. The van der Waals surface area contributed by atoms with Crippen LogP contribution in [0.1, 0.15) is 0 Å². The normalized spacial score (nSPS) is 10.7. The van der Waals surface area contributed by atoms with Crippen molar-refractivity contribution < 1.29 is 0 Å². The minimum Gasteiger partial charge on any atom is -0.174 e. The molecule has 0 unspecified atom stereocenters. The average molecular weight is 205 g/mol. The largest absolute Gasteiger partial charge is 0.174 e. The predicted molar refractivity (Wildman–Crippen MR) is 46.6 cm³/mol. The Morgan fingerprint density at radius 1 is 1.18 bits per heavy atom. The van der Waals surface area contributed by atoms with Gasteiger partial charge in [0, 0.05) is 0 Å². The fraction of sp³-hybridized carbons (Fsp3) is 0. The standard InChI is InChI=1S/C6H2Cl2N2S/c7-3-1-2-4-5(3)6(8)10-11-9-4/h1-2H. The third-order valence-electron chi connectivity index (χ3n) is 1.35. The Balaban J connectivity index is 2.82. The Kier molecular flexibility index (Phi) is 1.71. The molecule has 2 rings (SSSR count). The van der Waals surface area contributed by atoms with Gasteiger partial charge in [0.1, 0.15) is 0 Å². The lowest BCUT2D eigenvalue weighted by Gasteiger charge is -1.96. The highest BCUT2D eigenvalue weighted by Gasteiger charge is 2.13. The Morgan fingerprint density at radius 2 is 2.00 bits per heavy atom. The molecule has 56 valence electrons. The van der Waals surface area contributed by atoms with Crippen molar-refractivity contribution in [3.05, 3.63) is 22.3 Å². The van der Waals surface area contributed by atoms with Crippen molar-refractivity contribution in [2.75, 3.05) is 0 Å². The van der Waals surface area contributed by atoms with Crippen LogP contribution in [-0.2, 0) is 0 Å². The number of nitrogens with zero attached hydrogens (tertiary/aromatic N) is 2. The van der Waals surface area contributed by atoms with Crippen LogP contribution in [0.2, 0.25) is 10.2 Å². The van der Waals surface area contributed by atoms with Crippen LogP contribution in [0.15, 0.2) is 12.1 Å². The van der Waals surface area contributed by atoms with E-state index in [1.54, 1.807) is 6.07 Å². The quantitative estimate of drug-likeness (QED) is 0.660. The molecule has 0 amide bonds. The fourth-order valence-corrected chi connectivity index (χ4v) is 1.90. The Bertz CT molecular complexity index is 360. The highest BCUT2D eigenvalue weighted by molar-refractivity contribution is 6.99. The summed E-state index contributed by atoms with van der Waals surface area (Å²) in [6.07, 6.45) is 0. The summed E-state index contributed by atoms with van der Waals surface area (Å²) in [5.41, 5.74) is 1.55. The Morgan fingerprint density at radius 3 is 2.73 bits per heavy atom. The van der Waals surface area contributed by atoms with E-state index in [2.05, 4.69) is 8.75 Å². The van der Waals surface area contributed by atoms with Gasteiger partial charge in [0.05, 0.1) is 28.0 Å². The van der Waals surface area contributed by atoms with Crippen LogP contribution in [0.3, 0.4) is 0 Å². The van der Waals surface area contributed by atoms with Crippen LogP contribution in [0.5, 0.6) is 0 Å². The molecule has 0 aromatic rings. The first-order valence-corrected chi connectivity index (χ1v) is 4.34. The fourth-order valence-electron chi connectivity index (χ4n) is 0.867. The summed E-state index contributed by atoms with van der Waals surface area (Å²) >= 11 is 12.7. The van der Waals surface area contributed by atoms with Gasteiger partial charge in [-0.05, 0) is 12.1 Å². The topological polar surface area (TPSA) is 25.8 Å². The summed E-state index contributed by atoms with van der Waals surface area (Å²) < 4.78 is 7.88. The van der Waals surface area contributed by atoms with Crippen LogP contribution in [-0.4, -0.2) is 8.75 Å². The summed E-state index contributed by atoms with van der Waals surface area (Å²) in [6.45, 7) is 0. The van der Waals surface area contributed by atoms with Crippen molar-refractivity contribution in [3.8, 4) is 11.3 Å². The van der Waals surface area contributed by atoms with E-state index < -0.39 is 0 Å². The van der Waals surface area contributed by atoms with Crippen molar-refractivity contribution in [2.45, 2.75) is 0 Å². The van der Waals surface area contributed by atoms with Crippen LogP contribution >= 0.6 is 34.9 Å². The molecule has 1 heterocycles. The number of hydrogen-bond donors (Lipinski definition) is 0. The summed E-state index contributed by atoms with van der Waals surface area (Å²) in [7, 11) is 0. The highest BCUT2D eigenvalue weighted by atomic mass is 35.5. The highest BCUT2D eigenvalue weighted by Crippen LogP contribution is 2.35. The number of hydrogen-bond acceptors (Lipinski definition) is 3. The molecule has 0 fully saturated rings. The third kappa shape index (κ3) is 1.09. The lowest BCUT2D eigenvalue weighted by Crippen LogP contribution is -1.81. The molecule has 0 spiro atoms. The second-order valence-electron chi connectivity index (χ2n) is 2.00. The van der Waals surface area contributed by atoms with E-state index in [0.29, 0.717) is 10.2 Å². The molecule has 2 aliphatic rings. The lowest BCUT2D eigenvalue weighted by molar-refractivity contribution is 1.42. The molecule has 0 N–H and O–H groups in total. The third-order valence-corrected chi connectivity index (χ3v) is 2.58. The van der Waals surface area contributed by atoms with Crippen molar-refractivity contribution in [1.29, 1.82) is 0 Å². The van der Waals surface area contributed by atoms with Gasteiger partial charge in [-0.3, -0.25) is 0 Å². The van der Waals surface area contributed by atoms with E-state index in [-0.39, 0.29) is 0 Å². The first-order valence-electron chi connectivity index (χ1n) is 2.85. The first-order chi connectivity index (χ1) is 5.29. The molecular weight excluding hydrogens is 203 g/mol. The zero-order chi connectivity index (χ0) is 7.84. The summed E-state index contributed by atoms with van der Waals surface area (Å²) in [5, 5.41) is 1.04. The van der Waals surface area contributed by atoms with Gasteiger partial charge in [0.25, 0.3) is 0 Å². The predicted octanol–water partition coefficient (Wildman–Crippen LogP) is 2.95. The van der Waals surface area contributed by atoms with Gasteiger partial charge in [0.15, 0.2) is 5.15 Å². The van der Waals surface area contributed by atoms with E-state index in [1.807, 2.05) is 6.07 Å². The van der Waals surface area contributed by atoms with E-state index in [1.165, 1.54) is 0 Å². The first kappa shape index (κ1) is 7.28. The van der Waals surface area contributed by atoms with Crippen molar-refractivity contribution >= 4 is 34.9 Å². The molecule has 5 heteroatoms. The average Bonchev–Trinajstić information content (AvgIpc) is 2.34. The second-order valence-corrected chi connectivity index (χ2v) is 3.29. The van der Waals surface area contributed by atoms with E-state index in [0.717, 1.165) is 23.0 Å². The number of rotatable bonds is 0. The monoisotopic (exact) mass is 204 g/mol. The molecule has 0 atom stereocenters. The maximum Gasteiger partial charge on any atom is 0.154 e. The zero-order valence-electron chi connectivity index (χ0n) is 5.21. The molecule has 0 saturated heterocycles. The van der Waals surface area contributed by atoms with Crippen LogP contribution in [0, 0.1) is 0 Å². The van der Waals surface area contributed by atoms with Crippen molar-refractivity contribution in [3.63, 3.8) is 0 Å². The van der Waals surface area contributed by atoms with Gasteiger partial charge < -0.3 is 0 Å². The number of fused-ring (bicyclic) bond motifs is 1. The lowest BCUT2D eigenvalue weighted by atomic mass is 10.3. The van der Waals surface area contributed by atoms with Gasteiger partial charge in [-0.2, -0.15) is 8.75 Å². The molecule has 1 aliphatic heterocycles. The maximum atomic E-state index is 5.82. The maximum absolute atomic E-state index is 5.82. The van der Waals surface area contributed by atoms with Gasteiger partial charge in [-0.1, -0.05) is 23.2 Å². The SMILES string of the molecule is Clc1ccc2nsnc(Cl)c1-2. The second kappa shape index (κ2) is 2.59. The summed E-state index contributed by atoms with van der Waals surface area (Å²) in [6, 6.07) is 3.58. The smallest absolute Gasteiger partial charge is 0.154 e.